The summed E-state index contributed by atoms with van der Waals surface area (Å²) in [5, 5.41) is 5.76. The molecule has 0 unspecified atom stereocenters. The molecule has 2 rings (SSSR count). The zero-order valence-corrected chi connectivity index (χ0v) is 16.8. The molecule has 0 atom stereocenters. The molecule has 0 spiro atoms. The fourth-order valence-electron chi connectivity index (χ4n) is 2.68. The van der Waals surface area contributed by atoms with Gasteiger partial charge in [0.1, 0.15) is 11.2 Å². The Kier molecular flexibility index (Phi) is 6.26. The van der Waals surface area contributed by atoms with Gasteiger partial charge in [-0.15, -0.1) is 0 Å². The maximum absolute atomic E-state index is 12.9. The van der Waals surface area contributed by atoms with Gasteiger partial charge >= 0.3 is 0 Å². The van der Waals surface area contributed by atoms with Crippen molar-refractivity contribution in [1.29, 1.82) is 0 Å². The maximum Gasteiger partial charge on any atom is 0.239 e. The van der Waals surface area contributed by atoms with E-state index < -0.39 is 5.41 Å². The van der Waals surface area contributed by atoms with Gasteiger partial charge in [0.05, 0.1) is 7.11 Å². The van der Waals surface area contributed by atoms with Gasteiger partial charge in [0.15, 0.2) is 0 Å². The van der Waals surface area contributed by atoms with E-state index in [2.05, 4.69) is 24.5 Å². The van der Waals surface area contributed by atoms with Crippen molar-refractivity contribution in [2.45, 2.75) is 40.5 Å². The molecular formula is C22H28N2O3. The summed E-state index contributed by atoms with van der Waals surface area (Å²) in [6.07, 6.45) is 0. The van der Waals surface area contributed by atoms with Crippen molar-refractivity contribution in [2.75, 3.05) is 17.7 Å². The Hall–Kier alpha value is -2.82. The highest BCUT2D eigenvalue weighted by molar-refractivity contribution is 6.14. The van der Waals surface area contributed by atoms with Crippen molar-refractivity contribution in [3.05, 3.63) is 53.6 Å². The number of amides is 2. The van der Waals surface area contributed by atoms with Gasteiger partial charge in [-0.25, -0.2) is 0 Å². The maximum atomic E-state index is 12.9. The van der Waals surface area contributed by atoms with E-state index in [9.17, 15) is 9.59 Å². The molecule has 0 fully saturated rings. The van der Waals surface area contributed by atoms with Crippen LogP contribution in [-0.2, 0) is 9.59 Å². The SMILES string of the molecule is COc1ccc(NC(=O)C(C)(C)C(=O)Nc2c(C)cccc2C(C)C)cc1. The standard InChI is InChI=1S/C22H28N2O3/c1-14(2)18-9-7-8-15(3)19(18)24-21(26)22(4,5)20(25)23-16-10-12-17(27-6)13-11-16/h7-14H,1-6H3,(H,23,25)(H,24,26). The Bertz CT molecular complexity index is 824. The number of rotatable bonds is 6. The summed E-state index contributed by atoms with van der Waals surface area (Å²) in [5.41, 5.74) is 2.18. The summed E-state index contributed by atoms with van der Waals surface area (Å²) in [6, 6.07) is 12.9. The number of benzene rings is 2. The zero-order chi connectivity index (χ0) is 20.2. The molecule has 144 valence electrons. The monoisotopic (exact) mass is 368 g/mol. The van der Waals surface area contributed by atoms with Crippen LogP contribution in [0.3, 0.4) is 0 Å². The minimum atomic E-state index is -1.24. The van der Waals surface area contributed by atoms with E-state index >= 15 is 0 Å². The first-order valence-electron chi connectivity index (χ1n) is 9.03. The van der Waals surface area contributed by atoms with E-state index in [1.807, 2.05) is 25.1 Å². The topological polar surface area (TPSA) is 67.4 Å². The number of hydrogen-bond acceptors (Lipinski definition) is 3. The van der Waals surface area contributed by atoms with Crippen LogP contribution in [-0.4, -0.2) is 18.9 Å². The molecule has 2 aromatic rings. The number of ether oxygens (including phenoxy) is 1. The normalized spacial score (nSPS) is 11.2. The number of carbonyl (C=O) groups is 2. The number of nitrogens with one attached hydrogen (secondary N) is 2. The van der Waals surface area contributed by atoms with Gasteiger partial charge in [-0.3, -0.25) is 9.59 Å². The summed E-state index contributed by atoms with van der Waals surface area (Å²) in [6.45, 7) is 9.34. The first-order valence-corrected chi connectivity index (χ1v) is 9.03. The molecule has 0 bridgehead atoms. The van der Waals surface area contributed by atoms with Crippen LogP contribution in [0.2, 0.25) is 0 Å². The van der Waals surface area contributed by atoms with Crippen LogP contribution < -0.4 is 15.4 Å². The van der Waals surface area contributed by atoms with Gasteiger partial charge in [-0.05, 0) is 62.1 Å². The molecule has 5 nitrogen and oxygen atoms in total. The molecular weight excluding hydrogens is 340 g/mol. The highest BCUT2D eigenvalue weighted by Crippen LogP contribution is 2.30. The summed E-state index contributed by atoms with van der Waals surface area (Å²) >= 11 is 0. The quantitative estimate of drug-likeness (QED) is 0.724. The van der Waals surface area contributed by atoms with E-state index in [4.69, 9.17) is 4.74 Å². The van der Waals surface area contributed by atoms with Crippen LogP contribution in [0.1, 0.15) is 44.7 Å². The molecule has 0 aliphatic rings. The van der Waals surface area contributed by atoms with Crippen molar-refractivity contribution >= 4 is 23.2 Å². The molecule has 0 aliphatic heterocycles. The molecule has 0 saturated carbocycles. The van der Waals surface area contributed by atoms with Crippen molar-refractivity contribution in [2.24, 2.45) is 5.41 Å². The third-order valence-corrected chi connectivity index (χ3v) is 4.65. The van der Waals surface area contributed by atoms with Crippen molar-refractivity contribution in [1.82, 2.24) is 0 Å². The van der Waals surface area contributed by atoms with Crippen LogP contribution in [0.5, 0.6) is 5.75 Å². The Labute approximate surface area is 161 Å². The highest BCUT2D eigenvalue weighted by atomic mass is 16.5. The summed E-state index contributed by atoms with van der Waals surface area (Å²) in [4.78, 5) is 25.6. The van der Waals surface area contributed by atoms with Crippen LogP contribution >= 0.6 is 0 Å². The lowest BCUT2D eigenvalue weighted by Gasteiger charge is -2.25. The lowest BCUT2D eigenvalue weighted by molar-refractivity contribution is -0.135. The van der Waals surface area contributed by atoms with Gasteiger partial charge in [0.2, 0.25) is 11.8 Å². The van der Waals surface area contributed by atoms with Crippen LogP contribution in [0.15, 0.2) is 42.5 Å². The molecule has 0 aliphatic carbocycles. The van der Waals surface area contributed by atoms with E-state index in [0.717, 1.165) is 16.8 Å². The third-order valence-electron chi connectivity index (χ3n) is 4.65. The first kappa shape index (κ1) is 20.5. The number of hydrogen-bond donors (Lipinski definition) is 2. The largest absolute Gasteiger partial charge is 0.497 e. The van der Waals surface area contributed by atoms with Gasteiger partial charge in [-0.2, -0.15) is 0 Å². The molecule has 5 heteroatoms. The van der Waals surface area contributed by atoms with Crippen LogP contribution in [0, 0.1) is 12.3 Å². The van der Waals surface area contributed by atoms with Crippen molar-refractivity contribution in [3.63, 3.8) is 0 Å². The molecule has 0 aromatic heterocycles. The summed E-state index contributed by atoms with van der Waals surface area (Å²) in [5.74, 6) is 0.247. The van der Waals surface area contributed by atoms with Gasteiger partial charge in [0, 0.05) is 11.4 Å². The lowest BCUT2D eigenvalue weighted by Crippen LogP contribution is -2.41. The third kappa shape index (κ3) is 4.67. The number of para-hydroxylation sites is 1. The van der Waals surface area contributed by atoms with Crippen molar-refractivity contribution in [3.8, 4) is 5.75 Å². The molecule has 2 amide bonds. The fourth-order valence-corrected chi connectivity index (χ4v) is 2.68. The average Bonchev–Trinajstić information content (AvgIpc) is 2.63. The highest BCUT2D eigenvalue weighted by Gasteiger charge is 2.36. The Morgan fingerprint density at radius 3 is 2.11 bits per heavy atom. The van der Waals surface area contributed by atoms with E-state index in [1.54, 1.807) is 45.2 Å². The summed E-state index contributed by atoms with van der Waals surface area (Å²) < 4.78 is 5.11. The van der Waals surface area contributed by atoms with Crippen molar-refractivity contribution < 1.29 is 14.3 Å². The Morgan fingerprint density at radius 2 is 1.56 bits per heavy atom. The minimum Gasteiger partial charge on any atom is -0.497 e. The lowest BCUT2D eigenvalue weighted by atomic mass is 9.90. The number of carbonyl (C=O) groups excluding carboxylic acids is 2. The fraction of sp³-hybridized carbons (Fsp3) is 0.364. The Morgan fingerprint density at radius 1 is 0.963 bits per heavy atom. The molecule has 2 N–H and O–H groups in total. The minimum absolute atomic E-state index is 0.261. The second-order valence-electron chi connectivity index (χ2n) is 7.46. The van der Waals surface area contributed by atoms with E-state index in [0.29, 0.717) is 11.4 Å². The van der Waals surface area contributed by atoms with Gasteiger partial charge < -0.3 is 15.4 Å². The summed E-state index contributed by atoms with van der Waals surface area (Å²) in [7, 11) is 1.58. The predicted molar refractivity (Wildman–Crippen MR) is 109 cm³/mol. The number of methoxy groups -OCH3 is 1. The molecule has 0 heterocycles. The molecule has 27 heavy (non-hydrogen) atoms. The van der Waals surface area contributed by atoms with Gasteiger partial charge in [0.25, 0.3) is 0 Å². The van der Waals surface area contributed by atoms with E-state index in [1.165, 1.54) is 0 Å². The predicted octanol–water partition coefficient (Wildman–Crippen LogP) is 4.73. The number of aryl methyl sites for hydroxylation is 1. The molecule has 0 saturated heterocycles. The first-order chi connectivity index (χ1) is 12.7. The Balaban J connectivity index is 2.18. The van der Waals surface area contributed by atoms with E-state index in [-0.39, 0.29) is 17.7 Å². The number of anilines is 2. The zero-order valence-electron chi connectivity index (χ0n) is 16.8. The smallest absolute Gasteiger partial charge is 0.239 e. The van der Waals surface area contributed by atoms with Crippen LogP contribution in [0.25, 0.3) is 0 Å². The average molecular weight is 368 g/mol. The molecule has 2 aromatic carbocycles. The molecule has 0 radical (unpaired) electrons. The van der Waals surface area contributed by atoms with Gasteiger partial charge in [-0.1, -0.05) is 32.0 Å². The second kappa shape index (κ2) is 8.25. The van der Waals surface area contributed by atoms with Crippen LogP contribution in [0.4, 0.5) is 11.4 Å². The second-order valence-corrected chi connectivity index (χ2v) is 7.46.